The van der Waals surface area contributed by atoms with E-state index in [0.717, 1.165) is 18.8 Å². The van der Waals surface area contributed by atoms with Crippen molar-refractivity contribution >= 4 is 5.97 Å². The summed E-state index contributed by atoms with van der Waals surface area (Å²) in [5, 5.41) is 0. The normalized spacial score (nSPS) is 13.2. The minimum Gasteiger partial charge on any atom is -0.465 e. The summed E-state index contributed by atoms with van der Waals surface area (Å²) in [6.07, 6.45) is 30.5. The maximum absolute atomic E-state index is 12.2. The van der Waals surface area contributed by atoms with E-state index < -0.39 is 0 Å². The molecule has 0 amide bonds. The molecule has 2 unspecified atom stereocenters. The van der Waals surface area contributed by atoms with Crippen molar-refractivity contribution in [1.29, 1.82) is 0 Å². The lowest BCUT2D eigenvalue weighted by Gasteiger charge is -2.11. The van der Waals surface area contributed by atoms with E-state index in [1.54, 1.807) is 0 Å². The van der Waals surface area contributed by atoms with Crippen LogP contribution in [0.5, 0.6) is 0 Å². The van der Waals surface area contributed by atoms with E-state index in [0.29, 0.717) is 6.61 Å². The van der Waals surface area contributed by atoms with Crippen molar-refractivity contribution in [3.63, 3.8) is 0 Å². The van der Waals surface area contributed by atoms with Crippen molar-refractivity contribution in [3.8, 4) is 0 Å². The van der Waals surface area contributed by atoms with Gasteiger partial charge in [0.2, 0.25) is 0 Å². The Bertz CT molecular complexity index is 392. The minimum absolute atomic E-state index is 0.0272. The zero-order chi connectivity index (χ0) is 24.4. The highest BCUT2D eigenvalue weighted by Gasteiger charge is 2.13. The molecule has 0 bridgehead atoms. The molecule has 0 N–H and O–H groups in total. The van der Waals surface area contributed by atoms with Crippen molar-refractivity contribution in [2.45, 2.75) is 175 Å². The molecular formula is C31H62O2. The van der Waals surface area contributed by atoms with Gasteiger partial charge in [0.25, 0.3) is 0 Å². The standard InChI is InChI=1S/C31H62O2/c1-5-7-8-9-10-11-12-13-14-18-21-24-27-30(4)31(32)33-28-25-22-19-16-15-17-20-23-26-29(3)6-2/h29-30H,5-28H2,1-4H3. The maximum atomic E-state index is 12.2. The number of carbonyl (C=O) groups excluding carboxylic acids is 1. The van der Waals surface area contributed by atoms with Gasteiger partial charge in [-0.15, -0.1) is 0 Å². The summed E-state index contributed by atoms with van der Waals surface area (Å²) in [7, 11) is 0. The Morgan fingerprint density at radius 2 is 0.939 bits per heavy atom. The highest BCUT2D eigenvalue weighted by Crippen LogP contribution is 2.16. The first kappa shape index (κ1) is 32.5. The average Bonchev–Trinajstić information content (AvgIpc) is 2.82. The van der Waals surface area contributed by atoms with E-state index in [4.69, 9.17) is 4.74 Å². The van der Waals surface area contributed by atoms with E-state index in [2.05, 4.69) is 20.8 Å². The van der Waals surface area contributed by atoms with Crippen molar-refractivity contribution in [2.75, 3.05) is 6.61 Å². The van der Waals surface area contributed by atoms with E-state index in [-0.39, 0.29) is 11.9 Å². The van der Waals surface area contributed by atoms with Crippen molar-refractivity contribution in [1.82, 2.24) is 0 Å². The fraction of sp³-hybridized carbons (Fsp3) is 0.968. The van der Waals surface area contributed by atoms with Crippen LogP contribution in [0.3, 0.4) is 0 Å². The molecule has 0 aromatic rings. The number of rotatable bonds is 26. The van der Waals surface area contributed by atoms with E-state index in [1.165, 1.54) is 135 Å². The smallest absolute Gasteiger partial charge is 0.308 e. The number of esters is 1. The van der Waals surface area contributed by atoms with E-state index >= 15 is 0 Å². The zero-order valence-corrected chi connectivity index (χ0v) is 23.4. The summed E-state index contributed by atoms with van der Waals surface area (Å²) < 4.78 is 5.52. The van der Waals surface area contributed by atoms with E-state index in [1.807, 2.05) is 6.92 Å². The van der Waals surface area contributed by atoms with Crippen LogP contribution in [0.1, 0.15) is 175 Å². The number of unbranched alkanes of at least 4 members (excludes halogenated alkanes) is 18. The van der Waals surface area contributed by atoms with Gasteiger partial charge in [-0.1, -0.05) is 163 Å². The van der Waals surface area contributed by atoms with Gasteiger partial charge < -0.3 is 4.74 Å². The van der Waals surface area contributed by atoms with Gasteiger partial charge in [0, 0.05) is 0 Å². The van der Waals surface area contributed by atoms with E-state index in [9.17, 15) is 4.79 Å². The Kier molecular flexibility index (Phi) is 25.7. The highest BCUT2D eigenvalue weighted by molar-refractivity contribution is 5.71. The monoisotopic (exact) mass is 466 g/mol. The Labute approximate surface area is 209 Å². The Morgan fingerprint density at radius 1 is 0.545 bits per heavy atom. The average molecular weight is 467 g/mol. The molecule has 0 fully saturated rings. The first-order valence-corrected chi connectivity index (χ1v) is 15.3. The van der Waals surface area contributed by atoms with Gasteiger partial charge >= 0.3 is 5.97 Å². The summed E-state index contributed by atoms with van der Waals surface area (Å²) in [4.78, 5) is 12.2. The number of hydrogen-bond acceptors (Lipinski definition) is 2. The molecule has 0 aliphatic rings. The molecular weight excluding hydrogens is 404 g/mol. The van der Waals surface area contributed by atoms with Gasteiger partial charge in [0.05, 0.1) is 12.5 Å². The second-order valence-electron chi connectivity index (χ2n) is 10.9. The van der Waals surface area contributed by atoms with Gasteiger partial charge in [-0.3, -0.25) is 4.79 Å². The Morgan fingerprint density at radius 3 is 1.39 bits per heavy atom. The molecule has 198 valence electrons. The third-order valence-electron chi connectivity index (χ3n) is 7.43. The lowest BCUT2D eigenvalue weighted by atomic mass is 10.00. The predicted molar refractivity (Wildman–Crippen MR) is 147 cm³/mol. The van der Waals surface area contributed by atoms with Gasteiger partial charge in [0.15, 0.2) is 0 Å². The van der Waals surface area contributed by atoms with Crippen LogP contribution in [0.15, 0.2) is 0 Å². The molecule has 2 nitrogen and oxygen atoms in total. The lowest BCUT2D eigenvalue weighted by molar-refractivity contribution is -0.148. The van der Waals surface area contributed by atoms with Crippen LogP contribution in [-0.2, 0) is 9.53 Å². The maximum Gasteiger partial charge on any atom is 0.308 e. The van der Waals surface area contributed by atoms with Crippen LogP contribution in [0.4, 0.5) is 0 Å². The first-order chi connectivity index (χ1) is 16.1. The van der Waals surface area contributed by atoms with Crippen LogP contribution in [0.2, 0.25) is 0 Å². The van der Waals surface area contributed by atoms with Gasteiger partial charge in [-0.05, 0) is 18.8 Å². The molecule has 0 radical (unpaired) electrons. The molecule has 2 atom stereocenters. The van der Waals surface area contributed by atoms with Gasteiger partial charge in [0.1, 0.15) is 0 Å². The molecule has 0 saturated carbocycles. The van der Waals surface area contributed by atoms with Crippen LogP contribution in [0.25, 0.3) is 0 Å². The van der Waals surface area contributed by atoms with Crippen LogP contribution < -0.4 is 0 Å². The van der Waals surface area contributed by atoms with Crippen molar-refractivity contribution in [2.24, 2.45) is 11.8 Å². The summed E-state index contributed by atoms with van der Waals surface area (Å²) >= 11 is 0. The molecule has 2 heteroatoms. The van der Waals surface area contributed by atoms with Crippen molar-refractivity contribution < 1.29 is 9.53 Å². The quantitative estimate of drug-likeness (QED) is 0.0935. The van der Waals surface area contributed by atoms with Crippen LogP contribution >= 0.6 is 0 Å². The molecule has 0 saturated heterocycles. The molecule has 0 spiro atoms. The summed E-state index contributed by atoms with van der Waals surface area (Å²) in [6.45, 7) is 9.61. The minimum atomic E-state index is 0.0272. The zero-order valence-electron chi connectivity index (χ0n) is 23.4. The second kappa shape index (κ2) is 26.1. The molecule has 0 aliphatic heterocycles. The molecule has 0 aliphatic carbocycles. The fourth-order valence-electron chi connectivity index (χ4n) is 4.58. The number of hydrogen-bond donors (Lipinski definition) is 0. The number of carbonyl (C=O) groups is 1. The topological polar surface area (TPSA) is 26.3 Å². The Hall–Kier alpha value is -0.530. The molecule has 0 aromatic heterocycles. The second-order valence-corrected chi connectivity index (χ2v) is 10.9. The molecule has 33 heavy (non-hydrogen) atoms. The number of ether oxygens (including phenoxy) is 1. The largest absolute Gasteiger partial charge is 0.465 e. The van der Waals surface area contributed by atoms with Crippen molar-refractivity contribution in [3.05, 3.63) is 0 Å². The van der Waals surface area contributed by atoms with Crippen LogP contribution in [0, 0.1) is 11.8 Å². The summed E-state index contributed by atoms with van der Waals surface area (Å²) in [6, 6.07) is 0. The van der Waals surface area contributed by atoms with Crippen LogP contribution in [-0.4, -0.2) is 12.6 Å². The highest BCUT2D eigenvalue weighted by atomic mass is 16.5. The summed E-state index contributed by atoms with van der Waals surface area (Å²) in [5.74, 6) is 1.00. The third kappa shape index (κ3) is 24.4. The first-order valence-electron chi connectivity index (χ1n) is 15.3. The molecule has 0 aromatic carbocycles. The summed E-state index contributed by atoms with van der Waals surface area (Å²) in [5.41, 5.74) is 0. The Balaban J connectivity index is 3.32. The SMILES string of the molecule is CCCCCCCCCCCCCCC(C)C(=O)OCCCCCCCCCCC(C)CC. The fourth-order valence-corrected chi connectivity index (χ4v) is 4.58. The molecule has 0 heterocycles. The van der Waals surface area contributed by atoms with Gasteiger partial charge in [-0.25, -0.2) is 0 Å². The predicted octanol–water partition coefficient (Wildman–Crippen LogP) is 10.8. The van der Waals surface area contributed by atoms with Gasteiger partial charge in [-0.2, -0.15) is 0 Å². The lowest BCUT2D eigenvalue weighted by Crippen LogP contribution is -2.15. The molecule has 0 rings (SSSR count). The third-order valence-corrected chi connectivity index (χ3v) is 7.43.